The number of carbonyl (C=O) groups excluding carboxylic acids is 2. The smallest absolute Gasteiger partial charge is 0.227 e. The zero-order chi connectivity index (χ0) is 18.7. The number of amides is 2. The van der Waals surface area contributed by atoms with Crippen molar-refractivity contribution in [3.8, 4) is 0 Å². The average molecular weight is 395 g/mol. The van der Waals surface area contributed by atoms with E-state index in [2.05, 4.69) is 5.32 Å². The van der Waals surface area contributed by atoms with Gasteiger partial charge in [-0.15, -0.1) is 0 Å². The third-order valence-corrected chi connectivity index (χ3v) is 5.15. The summed E-state index contributed by atoms with van der Waals surface area (Å²) >= 11 is 12.2. The summed E-state index contributed by atoms with van der Waals surface area (Å²) in [5, 5.41) is 3.51. The Hall–Kier alpha value is -2.11. The number of nitrogens with one attached hydrogen (secondary N) is 1. The fourth-order valence-corrected chi connectivity index (χ4v) is 3.34. The van der Waals surface area contributed by atoms with Crippen LogP contribution in [0.2, 0.25) is 10.0 Å². The normalized spacial score (nSPS) is 16.8. The quantitative estimate of drug-likeness (QED) is 0.837. The lowest BCUT2D eigenvalue weighted by atomic mass is 10.1. The number of rotatable bonds is 5. The second-order valence-electron chi connectivity index (χ2n) is 6.15. The molecule has 4 nitrogen and oxygen atoms in total. The first-order chi connectivity index (χ1) is 12.5. The van der Waals surface area contributed by atoms with Crippen LogP contribution < -0.4 is 10.2 Å². The number of carbonyl (C=O) groups is 2. The molecule has 1 aliphatic rings. The third kappa shape index (κ3) is 4.17. The Bertz CT molecular complexity index is 827. The molecule has 1 N–H and O–H groups in total. The Kier molecular flexibility index (Phi) is 5.79. The molecule has 26 heavy (non-hydrogen) atoms. The number of halogens is 3. The number of benzene rings is 2. The molecule has 1 aliphatic heterocycles. The van der Waals surface area contributed by atoms with E-state index in [1.165, 1.54) is 17.0 Å². The molecule has 0 spiro atoms. The van der Waals surface area contributed by atoms with Crippen LogP contribution in [0, 0.1) is 11.7 Å². The van der Waals surface area contributed by atoms with Gasteiger partial charge >= 0.3 is 0 Å². The maximum absolute atomic E-state index is 12.9. The lowest BCUT2D eigenvalue weighted by molar-refractivity contribution is -0.126. The van der Waals surface area contributed by atoms with E-state index in [1.807, 2.05) is 0 Å². The summed E-state index contributed by atoms with van der Waals surface area (Å²) in [5.41, 5.74) is 1.45. The van der Waals surface area contributed by atoms with Crippen LogP contribution in [0.25, 0.3) is 0 Å². The Morgan fingerprint density at radius 3 is 2.65 bits per heavy atom. The van der Waals surface area contributed by atoms with Crippen LogP contribution >= 0.6 is 23.2 Å². The van der Waals surface area contributed by atoms with Crippen LogP contribution in [0.1, 0.15) is 12.0 Å². The van der Waals surface area contributed by atoms with Crippen molar-refractivity contribution in [1.82, 2.24) is 5.32 Å². The predicted octanol–water partition coefficient (Wildman–Crippen LogP) is 3.84. The average Bonchev–Trinajstić information content (AvgIpc) is 3.01. The molecular formula is C19H17Cl2FN2O2. The number of nitrogens with zero attached hydrogens (tertiary/aromatic N) is 1. The number of anilines is 1. The largest absolute Gasteiger partial charge is 0.355 e. The van der Waals surface area contributed by atoms with E-state index in [9.17, 15) is 14.0 Å². The van der Waals surface area contributed by atoms with E-state index in [0.29, 0.717) is 28.7 Å². The summed E-state index contributed by atoms with van der Waals surface area (Å²) < 4.78 is 12.9. The Morgan fingerprint density at radius 1 is 1.19 bits per heavy atom. The minimum Gasteiger partial charge on any atom is -0.355 e. The van der Waals surface area contributed by atoms with E-state index >= 15 is 0 Å². The van der Waals surface area contributed by atoms with Crippen molar-refractivity contribution in [3.05, 3.63) is 63.9 Å². The van der Waals surface area contributed by atoms with Gasteiger partial charge in [0, 0.05) is 19.5 Å². The molecule has 2 aromatic rings. The van der Waals surface area contributed by atoms with Crippen molar-refractivity contribution >= 4 is 40.7 Å². The van der Waals surface area contributed by atoms with Crippen LogP contribution in [-0.4, -0.2) is 24.9 Å². The molecule has 7 heteroatoms. The SMILES string of the molecule is O=C(NCCc1ccc(F)cc1)C1CC(=O)N(c2cccc(Cl)c2Cl)C1. The molecule has 3 rings (SSSR count). The van der Waals surface area contributed by atoms with E-state index in [-0.39, 0.29) is 30.6 Å². The number of hydrogen-bond donors (Lipinski definition) is 1. The summed E-state index contributed by atoms with van der Waals surface area (Å²) in [6.07, 6.45) is 0.724. The summed E-state index contributed by atoms with van der Waals surface area (Å²) in [6.45, 7) is 0.689. The van der Waals surface area contributed by atoms with E-state index < -0.39 is 5.92 Å². The van der Waals surface area contributed by atoms with E-state index in [0.717, 1.165) is 5.56 Å². The summed E-state index contributed by atoms with van der Waals surface area (Å²) in [7, 11) is 0. The topological polar surface area (TPSA) is 49.4 Å². The fraction of sp³-hybridized carbons (Fsp3) is 0.263. The zero-order valence-electron chi connectivity index (χ0n) is 13.8. The highest BCUT2D eigenvalue weighted by Gasteiger charge is 2.35. The molecule has 2 aromatic carbocycles. The molecule has 1 unspecified atom stereocenters. The zero-order valence-corrected chi connectivity index (χ0v) is 15.4. The second-order valence-corrected chi connectivity index (χ2v) is 6.93. The minimum atomic E-state index is -0.439. The van der Waals surface area contributed by atoms with Gasteiger partial charge in [-0.05, 0) is 36.2 Å². The van der Waals surface area contributed by atoms with Gasteiger partial charge in [-0.1, -0.05) is 41.4 Å². The molecule has 1 atom stereocenters. The first-order valence-electron chi connectivity index (χ1n) is 8.22. The first kappa shape index (κ1) is 18.7. The van der Waals surface area contributed by atoms with Crippen molar-refractivity contribution < 1.29 is 14.0 Å². The van der Waals surface area contributed by atoms with Crippen LogP contribution in [0.5, 0.6) is 0 Å². The molecule has 0 bridgehead atoms. The third-order valence-electron chi connectivity index (χ3n) is 4.34. The highest BCUT2D eigenvalue weighted by molar-refractivity contribution is 6.44. The molecule has 1 fully saturated rings. The van der Waals surface area contributed by atoms with Crippen molar-refractivity contribution in [2.45, 2.75) is 12.8 Å². The monoisotopic (exact) mass is 394 g/mol. The van der Waals surface area contributed by atoms with Crippen molar-refractivity contribution in [2.24, 2.45) is 5.92 Å². The highest BCUT2D eigenvalue weighted by atomic mass is 35.5. The van der Waals surface area contributed by atoms with Gasteiger partial charge in [0.1, 0.15) is 5.82 Å². The van der Waals surface area contributed by atoms with Gasteiger partial charge in [-0.3, -0.25) is 9.59 Å². The van der Waals surface area contributed by atoms with Crippen molar-refractivity contribution in [1.29, 1.82) is 0 Å². The van der Waals surface area contributed by atoms with Gasteiger partial charge in [0.05, 0.1) is 21.7 Å². The molecule has 0 aromatic heterocycles. The van der Waals surface area contributed by atoms with Crippen LogP contribution in [-0.2, 0) is 16.0 Å². The molecule has 0 aliphatic carbocycles. The van der Waals surface area contributed by atoms with Gasteiger partial charge in [0.15, 0.2) is 0 Å². The standard InChI is InChI=1S/C19H17Cl2FN2O2/c20-15-2-1-3-16(18(15)21)24-11-13(10-17(24)25)19(26)23-9-8-12-4-6-14(22)7-5-12/h1-7,13H,8-11H2,(H,23,26). The van der Waals surface area contributed by atoms with Gasteiger partial charge < -0.3 is 10.2 Å². The fourth-order valence-electron chi connectivity index (χ4n) is 2.94. The minimum absolute atomic E-state index is 0.130. The molecule has 0 radical (unpaired) electrons. The van der Waals surface area contributed by atoms with Gasteiger partial charge in [0.25, 0.3) is 0 Å². The van der Waals surface area contributed by atoms with Gasteiger partial charge in [-0.25, -0.2) is 4.39 Å². The molecule has 136 valence electrons. The lowest BCUT2D eigenvalue weighted by Gasteiger charge is -2.18. The molecule has 2 amide bonds. The first-order valence-corrected chi connectivity index (χ1v) is 8.98. The van der Waals surface area contributed by atoms with Crippen molar-refractivity contribution in [2.75, 3.05) is 18.0 Å². The molecule has 0 saturated carbocycles. The predicted molar refractivity (Wildman–Crippen MR) is 100 cm³/mol. The highest BCUT2D eigenvalue weighted by Crippen LogP contribution is 2.35. The van der Waals surface area contributed by atoms with Gasteiger partial charge in [-0.2, -0.15) is 0 Å². The Labute approximate surface area is 160 Å². The van der Waals surface area contributed by atoms with Crippen LogP contribution in [0.4, 0.5) is 10.1 Å². The summed E-state index contributed by atoms with van der Waals surface area (Å²) in [4.78, 5) is 26.1. The second kappa shape index (κ2) is 8.06. The molecule has 1 saturated heterocycles. The maximum Gasteiger partial charge on any atom is 0.227 e. The molecular weight excluding hydrogens is 378 g/mol. The summed E-state index contributed by atoms with van der Waals surface area (Å²) in [5.74, 6) is -1.07. The molecule has 1 heterocycles. The van der Waals surface area contributed by atoms with E-state index in [4.69, 9.17) is 23.2 Å². The van der Waals surface area contributed by atoms with Crippen molar-refractivity contribution in [3.63, 3.8) is 0 Å². The van der Waals surface area contributed by atoms with Gasteiger partial charge in [0.2, 0.25) is 11.8 Å². The maximum atomic E-state index is 12.9. The van der Waals surface area contributed by atoms with Crippen LogP contribution in [0.15, 0.2) is 42.5 Å². The summed E-state index contributed by atoms with van der Waals surface area (Å²) in [6, 6.07) is 11.2. The Morgan fingerprint density at radius 2 is 1.92 bits per heavy atom. The lowest BCUT2D eigenvalue weighted by Crippen LogP contribution is -2.34. The number of hydrogen-bond acceptors (Lipinski definition) is 2. The van der Waals surface area contributed by atoms with Crippen LogP contribution in [0.3, 0.4) is 0 Å². The Balaban J connectivity index is 1.57. The van der Waals surface area contributed by atoms with E-state index in [1.54, 1.807) is 30.3 Å².